The molecule has 3 aromatic heterocycles. The Balaban J connectivity index is 1.71. The van der Waals surface area contributed by atoms with Crippen molar-refractivity contribution in [2.24, 2.45) is 0 Å². The van der Waals surface area contributed by atoms with E-state index in [1.807, 2.05) is 6.07 Å². The van der Waals surface area contributed by atoms with E-state index in [1.54, 1.807) is 13.0 Å². The van der Waals surface area contributed by atoms with E-state index in [-0.39, 0.29) is 17.2 Å². The summed E-state index contributed by atoms with van der Waals surface area (Å²) in [4.78, 5) is 35.4. The molecular formula is C14H11N3O4S2. The van der Waals surface area contributed by atoms with Crippen molar-refractivity contribution in [1.82, 2.24) is 15.5 Å². The van der Waals surface area contributed by atoms with Gasteiger partial charge in [-0.15, -0.1) is 22.7 Å². The third kappa shape index (κ3) is 3.15. The van der Waals surface area contributed by atoms with Crippen molar-refractivity contribution < 1.29 is 14.7 Å². The van der Waals surface area contributed by atoms with Crippen molar-refractivity contribution in [3.63, 3.8) is 0 Å². The van der Waals surface area contributed by atoms with Crippen LogP contribution in [0.1, 0.15) is 30.6 Å². The molecule has 0 fully saturated rings. The lowest BCUT2D eigenvalue weighted by Crippen LogP contribution is -2.25. The summed E-state index contributed by atoms with van der Waals surface area (Å²) < 4.78 is 1.77. The highest BCUT2D eigenvalue weighted by molar-refractivity contribution is 7.28. The molecule has 3 N–H and O–H groups in total. The molecule has 0 unspecified atom stereocenters. The van der Waals surface area contributed by atoms with Crippen LogP contribution in [0.4, 0.5) is 0 Å². The number of aromatic nitrogens is 2. The van der Waals surface area contributed by atoms with E-state index >= 15 is 0 Å². The van der Waals surface area contributed by atoms with Gasteiger partial charge in [0.05, 0.1) is 6.54 Å². The van der Waals surface area contributed by atoms with E-state index in [4.69, 9.17) is 5.11 Å². The zero-order valence-corrected chi connectivity index (χ0v) is 13.5. The van der Waals surface area contributed by atoms with Crippen molar-refractivity contribution in [3.05, 3.63) is 49.6 Å². The number of aryl methyl sites for hydroxylation is 1. The Hall–Kier alpha value is -2.52. The summed E-state index contributed by atoms with van der Waals surface area (Å²) in [6.45, 7) is 1.91. The number of thiophene rings is 2. The molecule has 1 amide bonds. The van der Waals surface area contributed by atoms with Crippen LogP contribution in [0.2, 0.25) is 0 Å². The van der Waals surface area contributed by atoms with E-state index in [2.05, 4.69) is 15.5 Å². The van der Waals surface area contributed by atoms with Crippen molar-refractivity contribution in [2.75, 3.05) is 0 Å². The normalized spacial score (nSPS) is 10.8. The van der Waals surface area contributed by atoms with E-state index in [1.165, 1.54) is 28.7 Å². The number of carboxylic acid groups (broad SMARTS) is 1. The first-order chi connectivity index (χ1) is 10.9. The molecule has 118 valence electrons. The van der Waals surface area contributed by atoms with E-state index in [0.29, 0.717) is 17.0 Å². The Morgan fingerprint density at radius 1 is 1.26 bits per heavy atom. The van der Waals surface area contributed by atoms with Crippen LogP contribution >= 0.6 is 22.7 Å². The molecule has 0 aromatic carbocycles. The van der Waals surface area contributed by atoms with Crippen molar-refractivity contribution >= 4 is 43.9 Å². The lowest BCUT2D eigenvalue weighted by atomic mass is 10.2. The summed E-state index contributed by atoms with van der Waals surface area (Å²) in [5.74, 6) is -1.32. The fraction of sp³-hybridized carbons (Fsp3) is 0.143. The molecule has 23 heavy (non-hydrogen) atoms. The Bertz CT molecular complexity index is 938. The summed E-state index contributed by atoms with van der Waals surface area (Å²) in [5.41, 5.74) is 0.242. The molecule has 0 saturated carbocycles. The maximum Gasteiger partial charge on any atom is 0.345 e. The predicted molar refractivity (Wildman–Crippen MR) is 87.4 cm³/mol. The van der Waals surface area contributed by atoms with E-state index in [0.717, 1.165) is 14.3 Å². The van der Waals surface area contributed by atoms with Gasteiger partial charge in [-0.3, -0.25) is 9.59 Å². The van der Waals surface area contributed by atoms with Crippen LogP contribution in [0.25, 0.3) is 9.40 Å². The number of carboxylic acids is 1. The molecule has 0 spiro atoms. The van der Waals surface area contributed by atoms with Crippen molar-refractivity contribution in [3.8, 4) is 0 Å². The Morgan fingerprint density at radius 3 is 2.65 bits per heavy atom. The molecule has 9 heteroatoms. The van der Waals surface area contributed by atoms with Crippen LogP contribution in [0.5, 0.6) is 0 Å². The van der Waals surface area contributed by atoms with Crippen LogP contribution in [0.3, 0.4) is 0 Å². The van der Waals surface area contributed by atoms with Gasteiger partial charge in [0.1, 0.15) is 10.6 Å². The zero-order valence-electron chi connectivity index (χ0n) is 11.9. The largest absolute Gasteiger partial charge is 0.477 e. The Kier molecular flexibility index (Phi) is 3.97. The van der Waals surface area contributed by atoms with Crippen LogP contribution in [0, 0.1) is 6.92 Å². The molecule has 7 nitrogen and oxygen atoms in total. The maximum absolute atomic E-state index is 12.0. The summed E-state index contributed by atoms with van der Waals surface area (Å²) in [5, 5.41) is 17.6. The smallest absolute Gasteiger partial charge is 0.345 e. The van der Waals surface area contributed by atoms with Gasteiger partial charge < -0.3 is 10.4 Å². The molecule has 0 saturated heterocycles. The molecule has 0 aliphatic heterocycles. The first kappa shape index (κ1) is 15.4. The van der Waals surface area contributed by atoms with Crippen LogP contribution in [-0.2, 0) is 6.54 Å². The van der Waals surface area contributed by atoms with Gasteiger partial charge in [0, 0.05) is 19.8 Å². The molecule has 0 aliphatic carbocycles. The second-order valence-electron chi connectivity index (χ2n) is 4.81. The minimum Gasteiger partial charge on any atom is -0.477 e. The Morgan fingerprint density at radius 2 is 2.00 bits per heavy atom. The fourth-order valence-corrected chi connectivity index (χ4v) is 4.16. The molecule has 0 aliphatic rings. The lowest BCUT2D eigenvalue weighted by molar-refractivity contribution is 0.0702. The van der Waals surface area contributed by atoms with Gasteiger partial charge in [-0.25, -0.2) is 9.89 Å². The summed E-state index contributed by atoms with van der Waals surface area (Å²) >= 11 is 2.64. The number of aromatic amines is 1. The number of amides is 1. The fourth-order valence-electron chi connectivity index (χ4n) is 1.95. The minimum absolute atomic E-state index is 0.147. The molecule has 0 atom stereocenters. The van der Waals surface area contributed by atoms with E-state index < -0.39 is 5.97 Å². The lowest BCUT2D eigenvalue weighted by Gasteiger charge is -2.03. The zero-order chi connectivity index (χ0) is 16.6. The number of carbonyl (C=O) groups excluding carboxylic acids is 1. The number of fused-ring (bicyclic) bond motifs is 1. The van der Waals surface area contributed by atoms with Gasteiger partial charge >= 0.3 is 5.97 Å². The molecule has 3 heterocycles. The van der Waals surface area contributed by atoms with Gasteiger partial charge in [-0.1, -0.05) is 0 Å². The van der Waals surface area contributed by atoms with E-state index in [9.17, 15) is 14.4 Å². The standard InChI is InChI=1S/C14H11N3O4S2/c1-6-2-8(16-17-12(6)18)13(19)15-5-7-3-9-10(22-7)4-11(23-9)14(20)21/h2-4H,5H2,1H3,(H,15,19)(H,17,18)(H,20,21). The number of hydrogen-bond donors (Lipinski definition) is 3. The first-order valence-electron chi connectivity index (χ1n) is 6.54. The van der Waals surface area contributed by atoms with Gasteiger partial charge in [0.25, 0.3) is 11.5 Å². The number of nitrogens with zero attached hydrogens (tertiary/aromatic N) is 1. The highest BCUT2D eigenvalue weighted by atomic mass is 32.1. The monoisotopic (exact) mass is 349 g/mol. The molecule has 0 radical (unpaired) electrons. The molecule has 0 bridgehead atoms. The SMILES string of the molecule is Cc1cc(C(=O)NCc2cc3sc(C(=O)O)cc3s2)n[nH]c1=O. The van der Waals surface area contributed by atoms with Crippen molar-refractivity contribution in [1.29, 1.82) is 0 Å². The number of nitrogens with one attached hydrogen (secondary N) is 2. The number of H-pyrrole nitrogens is 1. The summed E-state index contributed by atoms with van der Waals surface area (Å²) in [6, 6.07) is 4.93. The second-order valence-corrected chi connectivity index (χ2v) is 7.06. The maximum atomic E-state index is 12.0. The first-order valence-corrected chi connectivity index (χ1v) is 8.17. The minimum atomic E-state index is -0.937. The third-order valence-electron chi connectivity index (χ3n) is 3.11. The quantitative estimate of drug-likeness (QED) is 0.667. The summed E-state index contributed by atoms with van der Waals surface area (Å²) in [7, 11) is 0. The molecule has 3 rings (SSSR count). The number of aromatic carboxylic acids is 1. The van der Waals surface area contributed by atoms with Gasteiger partial charge in [0.2, 0.25) is 0 Å². The topological polar surface area (TPSA) is 112 Å². The second kappa shape index (κ2) is 5.94. The third-order valence-corrected chi connectivity index (χ3v) is 5.40. The Labute approximate surface area is 137 Å². The number of rotatable bonds is 4. The van der Waals surface area contributed by atoms with Crippen molar-refractivity contribution in [2.45, 2.75) is 13.5 Å². The van der Waals surface area contributed by atoms with Gasteiger partial charge in [0.15, 0.2) is 0 Å². The van der Waals surface area contributed by atoms with Crippen LogP contribution < -0.4 is 10.9 Å². The van der Waals surface area contributed by atoms with Gasteiger partial charge in [-0.2, -0.15) is 5.10 Å². The molecular weight excluding hydrogens is 338 g/mol. The average Bonchev–Trinajstić information content (AvgIpc) is 3.06. The average molecular weight is 349 g/mol. The summed E-state index contributed by atoms with van der Waals surface area (Å²) in [6.07, 6.45) is 0. The highest BCUT2D eigenvalue weighted by Crippen LogP contribution is 2.33. The number of carbonyl (C=O) groups is 2. The number of hydrogen-bond acceptors (Lipinski definition) is 6. The highest BCUT2D eigenvalue weighted by Gasteiger charge is 2.13. The predicted octanol–water partition coefficient (Wildman–Crippen LogP) is 1.98. The van der Waals surface area contributed by atoms with Gasteiger partial charge in [-0.05, 0) is 25.1 Å². The van der Waals surface area contributed by atoms with Crippen LogP contribution in [0.15, 0.2) is 23.0 Å². The molecule has 3 aromatic rings. The van der Waals surface area contributed by atoms with Crippen LogP contribution in [-0.4, -0.2) is 27.2 Å².